The molecule has 0 aromatic carbocycles. The van der Waals surface area contributed by atoms with Crippen molar-refractivity contribution in [1.29, 1.82) is 0 Å². The number of nitrogens with two attached hydrogens (primary N) is 1. The van der Waals surface area contributed by atoms with Gasteiger partial charge in [-0.2, -0.15) is 0 Å². The molecule has 4 rings (SSSR count). The molecule has 0 aliphatic rings. The van der Waals surface area contributed by atoms with Gasteiger partial charge in [0.1, 0.15) is 17.8 Å². The highest BCUT2D eigenvalue weighted by atomic mass is 16.5. The summed E-state index contributed by atoms with van der Waals surface area (Å²) in [7, 11) is 0. The number of hydrogen-bond donors (Lipinski definition) is 2. The van der Waals surface area contributed by atoms with Crippen molar-refractivity contribution in [2.24, 2.45) is 0 Å². The number of nitrogens with zero attached hydrogens (tertiary/aromatic N) is 4. The van der Waals surface area contributed by atoms with Crippen LogP contribution in [0.2, 0.25) is 0 Å². The van der Waals surface area contributed by atoms with Gasteiger partial charge in [-0.15, -0.1) is 0 Å². The summed E-state index contributed by atoms with van der Waals surface area (Å²) in [5.74, 6) is 1.57. The number of fused-ring (bicyclic) bond motifs is 1. The van der Waals surface area contributed by atoms with E-state index in [1.807, 2.05) is 44.3 Å². The van der Waals surface area contributed by atoms with E-state index in [0.29, 0.717) is 17.4 Å². The van der Waals surface area contributed by atoms with Gasteiger partial charge in [0.2, 0.25) is 5.88 Å². The Morgan fingerprint density at radius 2 is 2.00 bits per heavy atom. The quantitative estimate of drug-likeness (QED) is 0.596. The van der Waals surface area contributed by atoms with Gasteiger partial charge in [-0.3, -0.25) is 4.98 Å². The molecule has 0 atom stereocenters. The predicted octanol–water partition coefficient (Wildman–Crippen LogP) is 3.41. The van der Waals surface area contributed by atoms with Gasteiger partial charge in [0.05, 0.1) is 11.4 Å². The van der Waals surface area contributed by atoms with Crippen molar-refractivity contribution in [3.05, 3.63) is 54.2 Å². The van der Waals surface area contributed by atoms with Gasteiger partial charge in [0.25, 0.3) is 0 Å². The number of aromatic nitrogens is 5. The lowest BCUT2D eigenvalue weighted by atomic mass is 10.1. The number of nitrogen functional groups attached to an aromatic ring is 1. The average molecular weight is 332 g/mol. The van der Waals surface area contributed by atoms with Crippen LogP contribution in [-0.4, -0.2) is 24.9 Å². The highest BCUT2D eigenvalue weighted by Crippen LogP contribution is 2.34. The van der Waals surface area contributed by atoms with E-state index < -0.39 is 0 Å². The monoisotopic (exact) mass is 332 g/mol. The summed E-state index contributed by atoms with van der Waals surface area (Å²) in [6, 6.07) is 7.44. The Balaban J connectivity index is 1.84. The van der Waals surface area contributed by atoms with Crippen LogP contribution in [0.1, 0.15) is 11.3 Å². The number of H-pyrrole nitrogens is 1. The van der Waals surface area contributed by atoms with Gasteiger partial charge < -0.3 is 15.5 Å². The first-order chi connectivity index (χ1) is 12.1. The van der Waals surface area contributed by atoms with Gasteiger partial charge >= 0.3 is 0 Å². The standard InChI is InChI=1S/C18H16N6O/c1-10-16(13-8-15(19)24-17-12(13)5-7-21-17)22-9-23-18(10)25-14-4-3-6-20-11(14)2/h3-9H,1-2H3,(H3,19,21,24). The van der Waals surface area contributed by atoms with Crippen LogP contribution in [-0.2, 0) is 0 Å². The third-order valence-electron chi connectivity index (χ3n) is 4.01. The summed E-state index contributed by atoms with van der Waals surface area (Å²) in [6.07, 6.45) is 5.04. The van der Waals surface area contributed by atoms with Crippen molar-refractivity contribution in [2.75, 3.05) is 5.73 Å². The van der Waals surface area contributed by atoms with Crippen LogP contribution in [0, 0.1) is 13.8 Å². The molecule has 25 heavy (non-hydrogen) atoms. The number of nitrogens with one attached hydrogen (secondary N) is 1. The third-order valence-corrected chi connectivity index (χ3v) is 4.01. The summed E-state index contributed by atoms with van der Waals surface area (Å²) in [4.78, 5) is 20.3. The molecule has 7 nitrogen and oxygen atoms in total. The van der Waals surface area contributed by atoms with Crippen LogP contribution in [0.5, 0.6) is 11.6 Å². The molecule has 0 unspecified atom stereocenters. The van der Waals surface area contributed by atoms with Crippen molar-refractivity contribution in [1.82, 2.24) is 24.9 Å². The van der Waals surface area contributed by atoms with E-state index in [2.05, 4.69) is 24.9 Å². The van der Waals surface area contributed by atoms with E-state index in [1.165, 1.54) is 6.33 Å². The molecule has 0 fully saturated rings. The number of anilines is 1. The molecule has 7 heteroatoms. The van der Waals surface area contributed by atoms with Gasteiger partial charge in [-0.25, -0.2) is 15.0 Å². The second-order valence-corrected chi connectivity index (χ2v) is 5.68. The maximum absolute atomic E-state index is 5.96. The molecule has 4 aromatic rings. The molecule has 0 aliphatic carbocycles. The minimum absolute atomic E-state index is 0.425. The van der Waals surface area contributed by atoms with Crippen molar-refractivity contribution >= 4 is 16.9 Å². The zero-order valence-corrected chi connectivity index (χ0v) is 13.8. The molecular formula is C18H16N6O. The Kier molecular flexibility index (Phi) is 3.53. The van der Waals surface area contributed by atoms with Crippen molar-refractivity contribution in [2.45, 2.75) is 13.8 Å². The van der Waals surface area contributed by atoms with E-state index in [1.54, 1.807) is 6.20 Å². The van der Waals surface area contributed by atoms with E-state index >= 15 is 0 Å². The zero-order chi connectivity index (χ0) is 17.4. The summed E-state index contributed by atoms with van der Waals surface area (Å²) in [6.45, 7) is 3.81. The summed E-state index contributed by atoms with van der Waals surface area (Å²) < 4.78 is 5.96. The first-order valence-corrected chi connectivity index (χ1v) is 7.78. The van der Waals surface area contributed by atoms with Gasteiger partial charge in [-0.1, -0.05) is 0 Å². The van der Waals surface area contributed by atoms with Crippen LogP contribution in [0.25, 0.3) is 22.3 Å². The van der Waals surface area contributed by atoms with Crippen LogP contribution < -0.4 is 10.5 Å². The van der Waals surface area contributed by atoms with Crippen LogP contribution in [0.3, 0.4) is 0 Å². The Bertz CT molecular complexity index is 1070. The fourth-order valence-corrected chi connectivity index (χ4v) is 2.74. The Morgan fingerprint density at radius 1 is 1.12 bits per heavy atom. The summed E-state index contributed by atoms with van der Waals surface area (Å²) >= 11 is 0. The number of aryl methyl sites for hydroxylation is 1. The minimum Gasteiger partial charge on any atom is -0.437 e. The van der Waals surface area contributed by atoms with E-state index in [9.17, 15) is 0 Å². The Labute approximate surface area is 143 Å². The summed E-state index contributed by atoms with van der Waals surface area (Å²) in [5.41, 5.74) is 9.91. The lowest BCUT2D eigenvalue weighted by molar-refractivity contribution is 0.451. The zero-order valence-electron chi connectivity index (χ0n) is 13.8. The molecule has 4 heterocycles. The first-order valence-electron chi connectivity index (χ1n) is 7.78. The Morgan fingerprint density at radius 3 is 2.84 bits per heavy atom. The number of hydrogen-bond acceptors (Lipinski definition) is 6. The fourth-order valence-electron chi connectivity index (χ4n) is 2.74. The maximum atomic E-state index is 5.96. The number of rotatable bonds is 3. The maximum Gasteiger partial charge on any atom is 0.225 e. The van der Waals surface area contributed by atoms with Crippen LogP contribution in [0.4, 0.5) is 5.82 Å². The number of ether oxygens (including phenoxy) is 1. The SMILES string of the molecule is Cc1ncccc1Oc1ncnc(-c2cc(N)nc3[nH]ccc23)c1C. The number of pyridine rings is 2. The highest BCUT2D eigenvalue weighted by Gasteiger charge is 2.16. The molecule has 0 saturated heterocycles. The topological polar surface area (TPSA) is 103 Å². The van der Waals surface area contributed by atoms with E-state index in [-0.39, 0.29) is 0 Å². The van der Waals surface area contributed by atoms with Crippen molar-refractivity contribution < 1.29 is 4.74 Å². The molecular weight excluding hydrogens is 316 g/mol. The highest BCUT2D eigenvalue weighted by molar-refractivity contribution is 5.94. The third kappa shape index (κ3) is 2.65. The first kappa shape index (κ1) is 15.1. The minimum atomic E-state index is 0.425. The van der Waals surface area contributed by atoms with Gasteiger partial charge in [-0.05, 0) is 38.1 Å². The van der Waals surface area contributed by atoms with E-state index in [0.717, 1.165) is 33.5 Å². The molecule has 0 aliphatic heterocycles. The largest absolute Gasteiger partial charge is 0.437 e. The molecule has 3 N–H and O–H groups in total. The Hall–Kier alpha value is -3.48. The molecule has 0 spiro atoms. The van der Waals surface area contributed by atoms with Gasteiger partial charge in [0.15, 0.2) is 5.75 Å². The lowest BCUT2D eigenvalue weighted by Gasteiger charge is -2.12. The molecule has 0 saturated carbocycles. The van der Waals surface area contributed by atoms with Crippen molar-refractivity contribution in [3.63, 3.8) is 0 Å². The predicted molar refractivity (Wildman–Crippen MR) is 95.3 cm³/mol. The van der Waals surface area contributed by atoms with E-state index in [4.69, 9.17) is 10.5 Å². The molecule has 0 bridgehead atoms. The fraction of sp³-hybridized carbons (Fsp3) is 0.111. The lowest BCUT2D eigenvalue weighted by Crippen LogP contribution is -1.99. The molecule has 0 amide bonds. The number of aromatic amines is 1. The molecule has 0 radical (unpaired) electrons. The summed E-state index contributed by atoms with van der Waals surface area (Å²) in [5, 5.41) is 0.944. The molecule has 124 valence electrons. The average Bonchev–Trinajstić information content (AvgIpc) is 3.06. The van der Waals surface area contributed by atoms with Crippen molar-refractivity contribution in [3.8, 4) is 22.9 Å². The second kappa shape index (κ2) is 5.86. The molecule has 4 aromatic heterocycles. The van der Waals surface area contributed by atoms with Gasteiger partial charge in [0, 0.05) is 28.9 Å². The smallest absolute Gasteiger partial charge is 0.225 e. The normalized spacial score (nSPS) is 11.0. The second-order valence-electron chi connectivity index (χ2n) is 5.68. The van der Waals surface area contributed by atoms with Crippen LogP contribution in [0.15, 0.2) is 43.0 Å². The van der Waals surface area contributed by atoms with Crippen LogP contribution >= 0.6 is 0 Å².